The lowest BCUT2D eigenvalue weighted by Crippen LogP contribution is -2.65. The van der Waals surface area contributed by atoms with Gasteiger partial charge in [-0.1, -0.05) is 89.9 Å². The summed E-state index contributed by atoms with van der Waals surface area (Å²) in [5.74, 6) is -3.87. The van der Waals surface area contributed by atoms with Crippen molar-refractivity contribution >= 4 is 68.2 Å². The maximum atomic E-state index is 14.7. The molecule has 6 amide bonds. The number of benzene rings is 3. The Labute approximate surface area is 363 Å². The van der Waals surface area contributed by atoms with Gasteiger partial charge in [0.2, 0.25) is 35.4 Å². The van der Waals surface area contributed by atoms with Crippen LogP contribution >= 0.6 is 15.9 Å². The lowest BCUT2D eigenvalue weighted by Gasteiger charge is -2.39. The number of unbranched alkanes of at least 4 members (excludes halogenated alkanes) is 1. The number of hydrogen-bond donors (Lipinski definition) is 10. The van der Waals surface area contributed by atoms with E-state index in [9.17, 15) is 28.8 Å². The second kappa shape index (κ2) is 21.9. The molecule has 4 atom stereocenters. The molecule has 0 aliphatic heterocycles. The molecule has 0 bridgehead atoms. The molecule has 324 valence electrons. The van der Waals surface area contributed by atoms with Gasteiger partial charge in [-0.2, -0.15) is 0 Å². The van der Waals surface area contributed by atoms with Crippen molar-refractivity contribution in [3.63, 3.8) is 0 Å². The van der Waals surface area contributed by atoms with Crippen molar-refractivity contribution in [2.45, 2.75) is 94.8 Å². The van der Waals surface area contributed by atoms with E-state index in [0.717, 1.165) is 44.1 Å². The zero-order valence-corrected chi connectivity index (χ0v) is 35.8. The summed E-state index contributed by atoms with van der Waals surface area (Å²) in [4.78, 5) is 85.1. The van der Waals surface area contributed by atoms with Gasteiger partial charge in [0.25, 0.3) is 0 Å². The highest BCUT2D eigenvalue weighted by molar-refractivity contribution is 9.10. The minimum Gasteiger partial charge on any atom is -0.370 e. The largest absolute Gasteiger partial charge is 0.370 e. The summed E-state index contributed by atoms with van der Waals surface area (Å²) in [5.41, 5.74) is 13.7. The molecule has 1 unspecified atom stereocenters. The van der Waals surface area contributed by atoms with Crippen molar-refractivity contribution in [1.29, 1.82) is 5.41 Å². The first kappa shape index (κ1) is 45.8. The average molecular weight is 900 g/mol. The van der Waals surface area contributed by atoms with Crippen molar-refractivity contribution < 1.29 is 28.8 Å². The predicted octanol–water partition coefficient (Wildman–Crippen LogP) is 2.27. The summed E-state index contributed by atoms with van der Waals surface area (Å²) in [7, 11) is 0. The SMILES string of the molecule is CCCCC(=O)NC1(C(=O)N[C@H](Cc2ccccc2)C(=O)N[C@@H](CCCNC(=N)N)C(=O)N[C@@H](Cc2c[nH]c3ccccc23)C(=O)NCC(N)=O)CCc2c(Br)cccc2C1. The van der Waals surface area contributed by atoms with Gasteiger partial charge in [0.1, 0.15) is 23.7 Å². The van der Waals surface area contributed by atoms with Crippen molar-refractivity contribution in [1.82, 2.24) is 36.9 Å². The summed E-state index contributed by atoms with van der Waals surface area (Å²) < 4.78 is 0.912. The van der Waals surface area contributed by atoms with Crippen LogP contribution in [0.5, 0.6) is 0 Å². The number of aromatic nitrogens is 1. The Morgan fingerprint density at radius 3 is 2.26 bits per heavy atom. The standard InChI is InChI=1S/C44H55BrN10O6/c1-2-3-18-38(57)55-44(20-19-30-28(24-44)13-9-15-32(30)45)42(61)54-35(22-27-11-5-4-6-12-27)41(60)52-34(17-10-21-49-43(47)48)40(59)53-36(39(58)51-26-37(46)56)23-29-25-50-33-16-8-7-14-31(29)33/h4-9,11-16,25,34-36,50H,2-3,10,17-24,26H2,1H3,(H2,46,56)(H,51,58)(H,52,60)(H,53,59)(H,54,61)(H,55,57)(H4,47,48,49)/t34-,35+,36-,44?/m0/s1. The van der Waals surface area contributed by atoms with Crippen LogP contribution in [0.1, 0.15) is 67.7 Å². The highest BCUT2D eigenvalue weighted by atomic mass is 79.9. The molecule has 16 nitrogen and oxygen atoms in total. The third-order valence-electron chi connectivity index (χ3n) is 10.8. The Hall–Kier alpha value is -6.23. The molecule has 4 aromatic rings. The smallest absolute Gasteiger partial charge is 0.246 e. The van der Waals surface area contributed by atoms with Crippen molar-refractivity contribution in [2.24, 2.45) is 11.5 Å². The molecule has 0 saturated heterocycles. The number of primary amides is 1. The van der Waals surface area contributed by atoms with E-state index in [2.05, 4.69) is 52.8 Å². The van der Waals surface area contributed by atoms with Gasteiger partial charge in [0.05, 0.1) is 6.54 Å². The van der Waals surface area contributed by atoms with Crippen LogP contribution in [-0.2, 0) is 54.5 Å². The van der Waals surface area contributed by atoms with Gasteiger partial charge in [-0.3, -0.25) is 34.2 Å². The van der Waals surface area contributed by atoms with E-state index in [0.29, 0.717) is 12.8 Å². The zero-order chi connectivity index (χ0) is 43.9. The maximum Gasteiger partial charge on any atom is 0.246 e. The molecule has 61 heavy (non-hydrogen) atoms. The van der Waals surface area contributed by atoms with Gasteiger partial charge < -0.3 is 48.4 Å². The number of halogens is 1. The lowest BCUT2D eigenvalue weighted by molar-refractivity contribution is -0.137. The van der Waals surface area contributed by atoms with E-state index in [1.165, 1.54) is 0 Å². The number of fused-ring (bicyclic) bond motifs is 2. The fraction of sp³-hybridized carbons (Fsp3) is 0.386. The summed E-state index contributed by atoms with van der Waals surface area (Å²) in [6, 6.07) is 18.7. The van der Waals surface area contributed by atoms with E-state index in [1.54, 1.807) is 6.20 Å². The Kier molecular flexibility index (Phi) is 16.4. The van der Waals surface area contributed by atoms with Gasteiger partial charge in [0, 0.05) is 53.8 Å². The van der Waals surface area contributed by atoms with E-state index >= 15 is 0 Å². The zero-order valence-electron chi connectivity index (χ0n) is 34.2. The monoisotopic (exact) mass is 898 g/mol. The molecule has 0 radical (unpaired) electrons. The number of H-pyrrole nitrogens is 1. The second-order valence-electron chi connectivity index (χ2n) is 15.4. The predicted molar refractivity (Wildman–Crippen MR) is 236 cm³/mol. The highest BCUT2D eigenvalue weighted by Gasteiger charge is 2.44. The van der Waals surface area contributed by atoms with Gasteiger partial charge in [-0.05, 0) is 66.5 Å². The highest BCUT2D eigenvalue weighted by Crippen LogP contribution is 2.34. The van der Waals surface area contributed by atoms with Crippen LogP contribution in [0.2, 0.25) is 0 Å². The number of aromatic amines is 1. The first-order valence-electron chi connectivity index (χ1n) is 20.5. The number of carbonyl (C=O) groups is 6. The number of rotatable bonds is 21. The molecule has 3 aromatic carbocycles. The number of hydrogen-bond acceptors (Lipinski definition) is 7. The fourth-order valence-electron chi connectivity index (χ4n) is 7.55. The molecule has 1 aromatic heterocycles. The quantitative estimate of drug-likeness (QED) is 0.0336. The van der Waals surface area contributed by atoms with E-state index in [4.69, 9.17) is 16.9 Å². The molecule has 0 saturated carbocycles. The van der Waals surface area contributed by atoms with E-state index in [-0.39, 0.29) is 63.4 Å². The minimum atomic E-state index is -1.36. The van der Waals surface area contributed by atoms with Crippen LogP contribution in [0.15, 0.2) is 83.5 Å². The Balaban J connectivity index is 1.43. The number of para-hydroxylation sites is 1. The first-order valence-corrected chi connectivity index (χ1v) is 21.3. The molecular weight excluding hydrogens is 844 g/mol. The van der Waals surface area contributed by atoms with Crippen LogP contribution in [0.3, 0.4) is 0 Å². The number of guanidine groups is 1. The van der Waals surface area contributed by atoms with Crippen LogP contribution in [0, 0.1) is 5.41 Å². The Morgan fingerprint density at radius 1 is 0.820 bits per heavy atom. The maximum absolute atomic E-state index is 14.7. The number of nitrogens with two attached hydrogens (primary N) is 2. The van der Waals surface area contributed by atoms with Crippen molar-refractivity contribution in [2.75, 3.05) is 13.1 Å². The molecule has 12 N–H and O–H groups in total. The molecule has 5 rings (SSSR count). The van der Waals surface area contributed by atoms with Crippen molar-refractivity contribution in [3.8, 4) is 0 Å². The van der Waals surface area contributed by atoms with Crippen LogP contribution in [0.4, 0.5) is 0 Å². The van der Waals surface area contributed by atoms with Crippen molar-refractivity contribution in [3.05, 3.63) is 106 Å². The first-order chi connectivity index (χ1) is 29.3. The molecule has 1 heterocycles. The fourth-order valence-corrected chi connectivity index (χ4v) is 8.16. The third kappa shape index (κ3) is 12.9. The molecule has 0 spiro atoms. The van der Waals surface area contributed by atoms with Crippen LogP contribution < -0.4 is 43.4 Å². The summed E-state index contributed by atoms with van der Waals surface area (Å²) in [5, 5.41) is 25.2. The van der Waals surface area contributed by atoms with E-state index in [1.807, 2.05) is 79.7 Å². The molecule has 1 aliphatic rings. The van der Waals surface area contributed by atoms with E-state index < -0.39 is 59.7 Å². The summed E-state index contributed by atoms with van der Waals surface area (Å²) >= 11 is 3.63. The number of nitrogens with one attached hydrogen (secondary N) is 8. The van der Waals surface area contributed by atoms with Gasteiger partial charge >= 0.3 is 0 Å². The van der Waals surface area contributed by atoms with Gasteiger partial charge in [-0.15, -0.1) is 0 Å². The summed E-state index contributed by atoms with van der Waals surface area (Å²) in [6.07, 6.45) is 4.81. The van der Waals surface area contributed by atoms with Crippen LogP contribution in [0.25, 0.3) is 10.9 Å². The van der Waals surface area contributed by atoms with Gasteiger partial charge in [0.15, 0.2) is 5.96 Å². The number of carbonyl (C=O) groups excluding carboxylic acids is 6. The lowest BCUT2D eigenvalue weighted by atomic mass is 9.76. The number of amides is 6. The Morgan fingerprint density at radius 2 is 1.52 bits per heavy atom. The third-order valence-corrected chi connectivity index (χ3v) is 11.5. The molecule has 17 heteroatoms. The normalized spacial score (nSPS) is 15.9. The Bertz CT molecular complexity index is 2210. The topological polar surface area (TPSA) is 266 Å². The summed E-state index contributed by atoms with van der Waals surface area (Å²) in [6.45, 7) is 1.72. The molecular formula is C44H55BrN10O6. The minimum absolute atomic E-state index is 0.0331. The molecule has 0 fully saturated rings. The van der Waals surface area contributed by atoms with Gasteiger partial charge in [-0.25, -0.2) is 0 Å². The average Bonchev–Trinajstić information content (AvgIpc) is 3.65. The molecule has 1 aliphatic carbocycles. The second-order valence-corrected chi connectivity index (χ2v) is 16.2. The van der Waals surface area contributed by atoms with Crippen LogP contribution in [-0.4, -0.2) is 83.1 Å².